The van der Waals surface area contributed by atoms with Gasteiger partial charge in [0.25, 0.3) is 5.91 Å². The standard InChI is InChI=1S/C15H16FN3O2/c1-17-13-3-2-12(16)8-11(13)9-14(17)15(21)19-6-4-18(10-20)5-7-19/h2-3,8-10H,4-7H2,1H3. The molecule has 0 unspecified atom stereocenters. The van der Waals surface area contributed by atoms with E-state index in [1.165, 1.54) is 12.1 Å². The van der Waals surface area contributed by atoms with Gasteiger partial charge in [0.05, 0.1) is 0 Å². The van der Waals surface area contributed by atoms with E-state index in [-0.39, 0.29) is 11.7 Å². The van der Waals surface area contributed by atoms with Crippen LogP contribution in [0.4, 0.5) is 4.39 Å². The Hall–Kier alpha value is -2.37. The van der Waals surface area contributed by atoms with Gasteiger partial charge in [-0.25, -0.2) is 4.39 Å². The molecule has 110 valence electrons. The second-order valence-electron chi connectivity index (χ2n) is 5.23. The number of fused-ring (bicyclic) bond motifs is 1. The maximum atomic E-state index is 13.3. The van der Waals surface area contributed by atoms with E-state index in [0.717, 1.165) is 11.9 Å². The molecule has 0 spiro atoms. The second-order valence-corrected chi connectivity index (χ2v) is 5.23. The number of carbonyl (C=O) groups is 2. The van der Waals surface area contributed by atoms with Gasteiger partial charge >= 0.3 is 0 Å². The van der Waals surface area contributed by atoms with Gasteiger partial charge in [0.1, 0.15) is 11.5 Å². The van der Waals surface area contributed by atoms with E-state index in [1.54, 1.807) is 33.5 Å². The molecule has 2 amide bonds. The summed E-state index contributed by atoms with van der Waals surface area (Å²) in [5, 5.41) is 0.715. The molecule has 0 radical (unpaired) electrons. The summed E-state index contributed by atoms with van der Waals surface area (Å²) in [7, 11) is 1.80. The van der Waals surface area contributed by atoms with Crippen molar-refractivity contribution in [3.63, 3.8) is 0 Å². The Morgan fingerprint density at radius 2 is 1.90 bits per heavy atom. The van der Waals surface area contributed by atoms with Crippen molar-refractivity contribution in [1.82, 2.24) is 14.4 Å². The quantitative estimate of drug-likeness (QED) is 0.781. The zero-order valence-corrected chi connectivity index (χ0v) is 11.8. The number of carbonyl (C=O) groups excluding carboxylic acids is 2. The van der Waals surface area contributed by atoms with Crippen LogP contribution >= 0.6 is 0 Å². The lowest BCUT2D eigenvalue weighted by molar-refractivity contribution is -0.119. The molecular formula is C15H16FN3O2. The number of amides is 2. The summed E-state index contributed by atoms with van der Waals surface area (Å²) in [6.45, 7) is 2.14. The summed E-state index contributed by atoms with van der Waals surface area (Å²) >= 11 is 0. The van der Waals surface area contributed by atoms with E-state index < -0.39 is 0 Å². The monoisotopic (exact) mass is 289 g/mol. The summed E-state index contributed by atoms with van der Waals surface area (Å²) in [6, 6.07) is 6.20. The van der Waals surface area contributed by atoms with Crippen molar-refractivity contribution < 1.29 is 14.0 Å². The minimum absolute atomic E-state index is 0.0837. The number of halogens is 1. The molecule has 1 aromatic heterocycles. The average molecular weight is 289 g/mol. The minimum Gasteiger partial charge on any atom is -0.342 e. The lowest BCUT2D eigenvalue weighted by Crippen LogP contribution is -2.48. The molecule has 1 aliphatic rings. The van der Waals surface area contributed by atoms with Gasteiger partial charge in [-0.05, 0) is 24.3 Å². The van der Waals surface area contributed by atoms with E-state index in [9.17, 15) is 14.0 Å². The van der Waals surface area contributed by atoms with Gasteiger partial charge in [-0.15, -0.1) is 0 Å². The maximum absolute atomic E-state index is 13.3. The summed E-state index contributed by atoms with van der Waals surface area (Å²) in [5.74, 6) is -0.397. The number of aromatic nitrogens is 1. The van der Waals surface area contributed by atoms with Crippen LogP contribution in [-0.4, -0.2) is 52.9 Å². The molecule has 1 aromatic carbocycles. The molecule has 6 heteroatoms. The van der Waals surface area contributed by atoms with Crippen molar-refractivity contribution in [2.24, 2.45) is 7.05 Å². The fourth-order valence-corrected chi connectivity index (χ4v) is 2.72. The Kier molecular flexibility index (Phi) is 3.37. The van der Waals surface area contributed by atoms with Crippen LogP contribution in [-0.2, 0) is 11.8 Å². The van der Waals surface area contributed by atoms with E-state index in [4.69, 9.17) is 0 Å². The van der Waals surface area contributed by atoms with Crippen LogP contribution < -0.4 is 0 Å². The van der Waals surface area contributed by atoms with Crippen LogP contribution in [0.2, 0.25) is 0 Å². The largest absolute Gasteiger partial charge is 0.342 e. The highest BCUT2D eigenvalue weighted by atomic mass is 19.1. The third kappa shape index (κ3) is 2.37. The summed E-state index contributed by atoms with van der Waals surface area (Å²) < 4.78 is 15.1. The van der Waals surface area contributed by atoms with Crippen LogP contribution in [0.3, 0.4) is 0 Å². The zero-order chi connectivity index (χ0) is 15.0. The maximum Gasteiger partial charge on any atom is 0.270 e. The molecule has 21 heavy (non-hydrogen) atoms. The Bertz CT molecular complexity index is 702. The Labute approximate surface area is 121 Å². The van der Waals surface area contributed by atoms with Gasteiger partial charge < -0.3 is 14.4 Å². The summed E-state index contributed by atoms with van der Waals surface area (Å²) in [4.78, 5) is 26.6. The van der Waals surface area contributed by atoms with Crippen molar-refractivity contribution in [2.45, 2.75) is 0 Å². The van der Waals surface area contributed by atoms with E-state index in [1.807, 2.05) is 0 Å². The third-order valence-corrected chi connectivity index (χ3v) is 3.97. The van der Waals surface area contributed by atoms with Crippen LogP contribution in [0.15, 0.2) is 24.3 Å². The lowest BCUT2D eigenvalue weighted by atomic mass is 10.2. The summed E-state index contributed by atoms with van der Waals surface area (Å²) in [5.41, 5.74) is 1.36. The molecule has 2 aromatic rings. The van der Waals surface area contributed by atoms with Crippen molar-refractivity contribution in [3.8, 4) is 0 Å². The highest BCUT2D eigenvalue weighted by molar-refractivity contribution is 5.98. The van der Waals surface area contributed by atoms with Crippen molar-refractivity contribution in [3.05, 3.63) is 35.8 Å². The first-order valence-corrected chi connectivity index (χ1v) is 6.84. The van der Waals surface area contributed by atoms with E-state index >= 15 is 0 Å². The first-order chi connectivity index (χ1) is 10.1. The number of benzene rings is 1. The first-order valence-electron chi connectivity index (χ1n) is 6.84. The predicted molar refractivity (Wildman–Crippen MR) is 76.4 cm³/mol. The Morgan fingerprint density at radius 1 is 1.19 bits per heavy atom. The van der Waals surface area contributed by atoms with Crippen LogP contribution in [0.1, 0.15) is 10.5 Å². The minimum atomic E-state index is -0.313. The molecule has 0 saturated carbocycles. The van der Waals surface area contributed by atoms with E-state index in [2.05, 4.69) is 0 Å². The van der Waals surface area contributed by atoms with Gasteiger partial charge in [0.15, 0.2) is 0 Å². The number of hydrogen-bond acceptors (Lipinski definition) is 2. The molecule has 5 nitrogen and oxygen atoms in total. The van der Waals surface area contributed by atoms with Crippen molar-refractivity contribution in [1.29, 1.82) is 0 Å². The number of hydrogen-bond donors (Lipinski definition) is 0. The fraction of sp³-hybridized carbons (Fsp3) is 0.333. The second kappa shape index (κ2) is 5.20. The zero-order valence-electron chi connectivity index (χ0n) is 11.8. The highest BCUT2D eigenvalue weighted by Crippen LogP contribution is 2.21. The van der Waals surface area contributed by atoms with Gasteiger partial charge in [-0.3, -0.25) is 9.59 Å². The van der Waals surface area contributed by atoms with E-state index in [0.29, 0.717) is 37.3 Å². The molecule has 3 rings (SSSR count). The molecule has 0 bridgehead atoms. The summed E-state index contributed by atoms with van der Waals surface area (Å²) in [6.07, 6.45) is 0.807. The van der Waals surface area contributed by atoms with Crippen molar-refractivity contribution >= 4 is 23.2 Å². The SMILES string of the molecule is Cn1c(C(=O)N2CCN(C=O)CC2)cc2cc(F)ccc21. The lowest BCUT2D eigenvalue weighted by Gasteiger charge is -2.32. The molecular weight excluding hydrogens is 273 g/mol. The normalized spacial score (nSPS) is 15.5. The Morgan fingerprint density at radius 3 is 2.57 bits per heavy atom. The molecule has 1 saturated heterocycles. The Balaban J connectivity index is 1.88. The van der Waals surface area contributed by atoms with Crippen LogP contribution in [0.5, 0.6) is 0 Å². The molecule has 0 aliphatic carbocycles. The topological polar surface area (TPSA) is 45.6 Å². The average Bonchev–Trinajstić information content (AvgIpc) is 2.83. The number of rotatable bonds is 2. The fourth-order valence-electron chi connectivity index (χ4n) is 2.72. The third-order valence-electron chi connectivity index (χ3n) is 3.97. The number of nitrogens with zero attached hydrogens (tertiary/aromatic N) is 3. The highest BCUT2D eigenvalue weighted by Gasteiger charge is 2.23. The van der Waals surface area contributed by atoms with Crippen LogP contribution in [0.25, 0.3) is 10.9 Å². The number of aryl methyl sites for hydroxylation is 1. The first kappa shape index (κ1) is 13.6. The molecule has 0 atom stereocenters. The molecule has 1 aliphatic heterocycles. The molecule has 2 heterocycles. The van der Waals surface area contributed by atoms with Crippen molar-refractivity contribution in [2.75, 3.05) is 26.2 Å². The van der Waals surface area contributed by atoms with Gasteiger partial charge in [0.2, 0.25) is 6.41 Å². The smallest absolute Gasteiger partial charge is 0.270 e. The van der Waals surface area contributed by atoms with Gasteiger partial charge in [0, 0.05) is 44.1 Å². The predicted octanol–water partition coefficient (Wildman–Crippen LogP) is 1.23. The van der Waals surface area contributed by atoms with Gasteiger partial charge in [-0.1, -0.05) is 0 Å². The number of piperazine rings is 1. The molecule has 0 N–H and O–H groups in total. The van der Waals surface area contributed by atoms with Gasteiger partial charge in [-0.2, -0.15) is 0 Å². The molecule has 1 fully saturated rings. The van der Waals surface area contributed by atoms with Crippen LogP contribution in [0, 0.1) is 5.82 Å².